The fourth-order valence-corrected chi connectivity index (χ4v) is 3.64. The number of phenols is 1. The summed E-state index contributed by atoms with van der Waals surface area (Å²) in [6.45, 7) is 0. The Hall–Kier alpha value is -3.80. The van der Waals surface area contributed by atoms with E-state index in [0.717, 1.165) is 5.56 Å². The molecule has 5 rings (SSSR count). The van der Waals surface area contributed by atoms with E-state index in [1.165, 1.54) is 18.4 Å². The lowest BCUT2D eigenvalue weighted by atomic mass is 9.88. The van der Waals surface area contributed by atoms with Gasteiger partial charge < -0.3 is 18.7 Å². The van der Waals surface area contributed by atoms with Gasteiger partial charge >= 0.3 is 5.97 Å². The third-order valence-corrected chi connectivity index (χ3v) is 4.87. The maximum absolute atomic E-state index is 12.8. The van der Waals surface area contributed by atoms with Crippen molar-refractivity contribution in [3.8, 4) is 22.8 Å². The average Bonchev–Trinajstić information content (AvgIpc) is 3.22. The Kier molecular flexibility index (Phi) is 3.58. The molecule has 0 saturated carbocycles. The van der Waals surface area contributed by atoms with Crippen molar-refractivity contribution in [1.82, 2.24) is 0 Å². The van der Waals surface area contributed by atoms with E-state index in [1.54, 1.807) is 12.1 Å². The Balaban J connectivity index is 1.86. The molecule has 4 aromatic rings. The number of hydrogen-bond donors (Lipinski definition) is 1. The fraction of sp³-hybridized carbons (Fsp3) is 0.0909. The van der Waals surface area contributed by atoms with E-state index in [2.05, 4.69) is 0 Å². The number of ether oxygens (including phenoxy) is 1. The number of carbonyl (C=O) groups excluding carboxylic acids is 1. The van der Waals surface area contributed by atoms with Crippen LogP contribution in [0.15, 0.2) is 74.5 Å². The normalized spacial score (nSPS) is 16.0. The standard InChI is InChI=1S/C22H14O6/c23-14-10-17(12-5-2-1-3-6-12)28-22-20-13(16-7-4-8-26-16)9-19(25)27-18(20)11-15(24)21(14)22/h1-8,10-11,13,24H,9H2/t13-/m1/s1. The summed E-state index contributed by atoms with van der Waals surface area (Å²) in [4.78, 5) is 24.9. The molecule has 6 nitrogen and oxygen atoms in total. The van der Waals surface area contributed by atoms with Crippen molar-refractivity contribution in [2.24, 2.45) is 0 Å². The van der Waals surface area contributed by atoms with Crippen molar-refractivity contribution < 1.29 is 23.5 Å². The van der Waals surface area contributed by atoms with E-state index in [4.69, 9.17) is 13.6 Å². The second kappa shape index (κ2) is 6.13. The van der Waals surface area contributed by atoms with Gasteiger partial charge in [-0.15, -0.1) is 0 Å². The molecule has 1 N–H and O–H groups in total. The first-order valence-electron chi connectivity index (χ1n) is 8.75. The van der Waals surface area contributed by atoms with E-state index in [0.29, 0.717) is 17.1 Å². The van der Waals surface area contributed by atoms with Crippen molar-refractivity contribution in [2.75, 3.05) is 0 Å². The lowest BCUT2D eigenvalue weighted by Gasteiger charge is -2.24. The van der Waals surface area contributed by atoms with E-state index >= 15 is 0 Å². The van der Waals surface area contributed by atoms with Gasteiger partial charge in [-0.3, -0.25) is 9.59 Å². The highest BCUT2D eigenvalue weighted by Crippen LogP contribution is 2.45. The molecule has 2 aromatic heterocycles. The van der Waals surface area contributed by atoms with Gasteiger partial charge in [-0.2, -0.15) is 0 Å². The molecule has 0 radical (unpaired) electrons. The summed E-state index contributed by atoms with van der Waals surface area (Å²) in [5, 5.41) is 10.4. The second-order valence-electron chi connectivity index (χ2n) is 6.60. The van der Waals surface area contributed by atoms with Gasteiger partial charge in [0.1, 0.15) is 34.0 Å². The molecule has 1 aliphatic rings. The lowest BCUT2D eigenvalue weighted by molar-refractivity contribution is -0.135. The molecule has 0 bridgehead atoms. The first-order chi connectivity index (χ1) is 13.6. The molecule has 0 saturated heterocycles. The Morgan fingerprint density at radius 1 is 1.00 bits per heavy atom. The first kappa shape index (κ1) is 16.4. The zero-order chi connectivity index (χ0) is 19.3. The van der Waals surface area contributed by atoms with Crippen molar-refractivity contribution in [3.05, 3.63) is 82.4 Å². The van der Waals surface area contributed by atoms with E-state index in [-0.39, 0.29) is 34.3 Å². The molecule has 0 fully saturated rings. The van der Waals surface area contributed by atoms with E-state index < -0.39 is 11.9 Å². The topological polar surface area (TPSA) is 89.9 Å². The molecular formula is C22H14O6. The SMILES string of the molecule is O=C1C[C@H](c2ccco2)c2c(cc(O)c3c(=O)cc(-c4ccccc4)oc23)O1. The smallest absolute Gasteiger partial charge is 0.312 e. The van der Waals surface area contributed by atoms with Gasteiger partial charge in [-0.25, -0.2) is 0 Å². The third-order valence-electron chi connectivity index (χ3n) is 4.87. The molecule has 1 aliphatic heterocycles. The Morgan fingerprint density at radius 3 is 2.57 bits per heavy atom. The van der Waals surface area contributed by atoms with Crippen LogP contribution < -0.4 is 10.2 Å². The molecule has 2 aromatic carbocycles. The van der Waals surface area contributed by atoms with Crippen molar-refractivity contribution in [3.63, 3.8) is 0 Å². The van der Waals surface area contributed by atoms with Crippen LogP contribution in [0.3, 0.4) is 0 Å². The zero-order valence-electron chi connectivity index (χ0n) is 14.5. The van der Waals surface area contributed by atoms with Crippen LogP contribution in [0.5, 0.6) is 11.5 Å². The molecular weight excluding hydrogens is 360 g/mol. The summed E-state index contributed by atoms with van der Waals surface area (Å²) >= 11 is 0. The van der Waals surface area contributed by atoms with Crippen LogP contribution in [0.2, 0.25) is 0 Å². The highest BCUT2D eigenvalue weighted by Gasteiger charge is 2.35. The molecule has 6 heteroatoms. The van der Waals surface area contributed by atoms with Crippen molar-refractivity contribution >= 4 is 16.9 Å². The molecule has 0 aliphatic carbocycles. The van der Waals surface area contributed by atoms with Crippen LogP contribution in [0.25, 0.3) is 22.3 Å². The molecule has 0 amide bonds. The predicted octanol–water partition coefficient (Wildman–Crippen LogP) is 4.20. The number of hydrogen-bond acceptors (Lipinski definition) is 6. The molecule has 0 spiro atoms. The van der Waals surface area contributed by atoms with Gasteiger partial charge in [0.2, 0.25) is 0 Å². The molecule has 138 valence electrons. The summed E-state index contributed by atoms with van der Waals surface area (Å²) in [7, 11) is 0. The van der Waals surface area contributed by atoms with Gasteiger partial charge in [0.05, 0.1) is 18.6 Å². The second-order valence-corrected chi connectivity index (χ2v) is 6.60. The largest absolute Gasteiger partial charge is 0.507 e. The summed E-state index contributed by atoms with van der Waals surface area (Å²) in [6.07, 6.45) is 1.56. The molecule has 1 atom stereocenters. The highest BCUT2D eigenvalue weighted by atomic mass is 16.5. The van der Waals surface area contributed by atoms with E-state index in [1.807, 2.05) is 30.3 Å². The lowest BCUT2D eigenvalue weighted by Crippen LogP contribution is -2.21. The Morgan fingerprint density at radius 2 is 1.82 bits per heavy atom. The number of aromatic hydroxyl groups is 1. The number of fused-ring (bicyclic) bond motifs is 3. The van der Waals surface area contributed by atoms with Crippen LogP contribution in [0.4, 0.5) is 0 Å². The maximum atomic E-state index is 12.8. The number of esters is 1. The number of benzene rings is 2. The number of rotatable bonds is 2. The molecule has 28 heavy (non-hydrogen) atoms. The number of phenolic OH excluding ortho intramolecular Hbond substituents is 1. The van der Waals surface area contributed by atoms with Gasteiger partial charge in [0.25, 0.3) is 0 Å². The molecule has 0 unspecified atom stereocenters. The summed E-state index contributed by atoms with van der Waals surface area (Å²) in [6, 6.07) is 15.3. The summed E-state index contributed by atoms with van der Waals surface area (Å²) < 4.78 is 16.9. The van der Waals surface area contributed by atoms with Crippen LogP contribution in [-0.4, -0.2) is 11.1 Å². The quantitative estimate of drug-likeness (QED) is 0.418. The number of carbonyl (C=O) groups is 1. The first-order valence-corrected chi connectivity index (χ1v) is 8.75. The van der Waals surface area contributed by atoms with Gasteiger partial charge in [-0.05, 0) is 12.1 Å². The van der Waals surface area contributed by atoms with Crippen LogP contribution in [-0.2, 0) is 4.79 Å². The monoisotopic (exact) mass is 374 g/mol. The maximum Gasteiger partial charge on any atom is 0.312 e. The van der Waals surface area contributed by atoms with Crippen LogP contribution in [0, 0.1) is 0 Å². The minimum atomic E-state index is -0.483. The third kappa shape index (κ3) is 2.50. The van der Waals surface area contributed by atoms with Crippen molar-refractivity contribution in [1.29, 1.82) is 0 Å². The Labute approximate surface area is 158 Å². The summed E-state index contributed by atoms with van der Waals surface area (Å²) in [5.74, 6) is -0.151. The highest BCUT2D eigenvalue weighted by molar-refractivity contribution is 5.93. The van der Waals surface area contributed by atoms with Gasteiger partial charge in [-0.1, -0.05) is 30.3 Å². The fourth-order valence-electron chi connectivity index (χ4n) is 3.64. The average molecular weight is 374 g/mol. The Bertz CT molecular complexity index is 1250. The van der Waals surface area contributed by atoms with Crippen molar-refractivity contribution in [2.45, 2.75) is 12.3 Å². The number of furan rings is 1. The predicted molar refractivity (Wildman–Crippen MR) is 100 cm³/mol. The van der Waals surface area contributed by atoms with Gasteiger partial charge in [0.15, 0.2) is 5.43 Å². The minimum absolute atomic E-state index is 0.0413. The zero-order valence-corrected chi connectivity index (χ0v) is 14.5. The van der Waals surface area contributed by atoms with Crippen LogP contribution in [0.1, 0.15) is 23.7 Å². The van der Waals surface area contributed by atoms with Gasteiger partial charge in [0, 0.05) is 23.3 Å². The van der Waals surface area contributed by atoms with E-state index in [9.17, 15) is 14.7 Å². The van der Waals surface area contributed by atoms with Crippen LogP contribution >= 0.6 is 0 Å². The summed E-state index contributed by atoms with van der Waals surface area (Å²) in [5.41, 5.74) is 1.05. The molecule has 3 heterocycles. The minimum Gasteiger partial charge on any atom is -0.507 e.